The van der Waals surface area contributed by atoms with Gasteiger partial charge in [-0.25, -0.2) is 0 Å². The lowest BCUT2D eigenvalue weighted by molar-refractivity contribution is -0.129. The van der Waals surface area contributed by atoms with Crippen molar-refractivity contribution in [3.8, 4) is 0 Å². The van der Waals surface area contributed by atoms with Crippen LogP contribution >= 0.6 is 23.1 Å². The van der Waals surface area contributed by atoms with Gasteiger partial charge in [0.15, 0.2) is 4.34 Å². The van der Waals surface area contributed by atoms with Crippen molar-refractivity contribution < 1.29 is 4.79 Å². The van der Waals surface area contributed by atoms with Crippen LogP contribution in [0.15, 0.2) is 4.34 Å². The van der Waals surface area contributed by atoms with Crippen molar-refractivity contribution in [2.24, 2.45) is 11.8 Å². The Morgan fingerprint density at radius 3 is 2.21 bits per heavy atom. The monoisotopic (exact) mass is 301 g/mol. The minimum atomic E-state index is 0.195. The molecule has 0 spiro atoms. The van der Waals surface area contributed by atoms with Crippen LogP contribution in [-0.2, 0) is 4.79 Å². The van der Waals surface area contributed by atoms with Crippen molar-refractivity contribution in [2.75, 3.05) is 18.8 Å². The summed E-state index contributed by atoms with van der Waals surface area (Å²) in [4.78, 5) is 14.2. The second-order valence-electron chi connectivity index (χ2n) is 5.46. The standard InChI is InChI=1S/C13H23N3OS2/c1-9(2)6-16(7-10(3)4)12(17)8-18-13-15-14-11(5)19-13/h9-10H,6-8H2,1-5H3. The molecule has 0 aliphatic heterocycles. The van der Waals surface area contributed by atoms with Crippen molar-refractivity contribution in [3.05, 3.63) is 5.01 Å². The van der Waals surface area contributed by atoms with Gasteiger partial charge < -0.3 is 4.90 Å². The van der Waals surface area contributed by atoms with E-state index in [4.69, 9.17) is 0 Å². The molecule has 0 bridgehead atoms. The maximum absolute atomic E-state index is 12.3. The predicted molar refractivity (Wildman–Crippen MR) is 81.6 cm³/mol. The summed E-state index contributed by atoms with van der Waals surface area (Å²) >= 11 is 3.02. The molecule has 0 unspecified atom stereocenters. The highest BCUT2D eigenvalue weighted by Gasteiger charge is 2.17. The van der Waals surface area contributed by atoms with E-state index in [-0.39, 0.29) is 5.91 Å². The minimum Gasteiger partial charge on any atom is -0.341 e. The van der Waals surface area contributed by atoms with Gasteiger partial charge in [0.1, 0.15) is 5.01 Å². The Morgan fingerprint density at radius 1 is 1.21 bits per heavy atom. The molecule has 0 N–H and O–H groups in total. The quantitative estimate of drug-likeness (QED) is 0.726. The number of nitrogens with zero attached hydrogens (tertiary/aromatic N) is 3. The van der Waals surface area contributed by atoms with E-state index in [2.05, 4.69) is 37.9 Å². The van der Waals surface area contributed by atoms with Crippen LogP contribution in [-0.4, -0.2) is 39.8 Å². The highest BCUT2D eigenvalue weighted by molar-refractivity contribution is 8.01. The fraction of sp³-hybridized carbons (Fsp3) is 0.769. The second kappa shape index (κ2) is 7.85. The number of aryl methyl sites for hydroxylation is 1. The first-order chi connectivity index (χ1) is 8.88. The third kappa shape index (κ3) is 6.38. The zero-order chi connectivity index (χ0) is 14.4. The normalized spacial score (nSPS) is 11.3. The lowest BCUT2D eigenvalue weighted by Gasteiger charge is -2.26. The van der Waals surface area contributed by atoms with Crippen LogP contribution < -0.4 is 0 Å². The summed E-state index contributed by atoms with van der Waals surface area (Å²) in [5, 5.41) is 8.93. The molecule has 0 aliphatic rings. The summed E-state index contributed by atoms with van der Waals surface area (Å²) in [5.74, 6) is 1.64. The van der Waals surface area contributed by atoms with E-state index in [1.54, 1.807) is 0 Å². The van der Waals surface area contributed by atoms with Gasteiger partial charge in [-0.3, -0.25) is 4.79 Å². The van der Waals surface area contributed by atoms with Crippen molar-refractivity contribution in [1.29, 1.82) is 0 Å². The van der Waals surface area contributed by atoms with E-state index in [1.165, 1.54) is 23.1 Å². The average molecular weight is 301 g/mol. The Kier molecular flexibility index (Phi) is 6.79. The number of aromatic nitrogens is 2. The van der Waals surface area contributed by atoms with E-state index in [9.17, 15) is 4.79 Å². The number of carbonyl (C=O) groups excluding carboxylic acids is 1. The van der Waals surface area contributed by atoms with Crippen LogP contribution in [0.1, 0.15) is 32.7 Å². The molecule has 0 radical (unpaired) electrons. The summed E-state index contributed by atoms with van der Waals surface area (Å²) in [6.45, 7) is 12.1. The Morgan fingerprint density at radius 2 is 1.79 bits per heavy atom. The van der Waals surface area contributed by atoms with Crippen LogP contribution in [0, 0.1) is 18.8 Å². The van der Waals surface area contributed by atoms with Gasteiger partial charge in [0.25, 0.3) is 0 Å². The summed E-state index contributed by atoms with van der Waals surface area (Å²) in [6, 6.07) is 0. The molecule has 1 aromatic heterocycles. The van der Waals surface area contributed by atoms with Gasteiger partial charge >= 0.3 is 0 Å². The predicted octanol–water partition coefficient (Wildman–Crippen LogP) is 3.08. The molecule has 19 heavy (non-hydrogen) atoms. The van der Waals surface area contributed by atoms with Gasteiger partial charge in [0.05, 0.1) is 5.75 Å². The molecule has 0 aromatic carbocycles. The maximum Gasteiger partial charge on any atom is 0.233 e. The zero-order valence-electron chi connectivity index (χ0n) is 12.3. The first kappa shape index (κ1) is 16.4. The molecule has 1 heterocycles. The lowest BCUT2D eigenvalue weighted by atomic mass is 10.1. The third-order valence-electron chi connectivity index (χ3n) is 2.35. The third-order valence-corrected chi connectivity index (χ3v) is 4.31. The molecule has 1 amide bonds. The number of rotatable bonds is 7. The smallest absolute Gasteiger partial charge is 0.233 e. The fourth-order valence-corrected chi connectivity index (χ4v) is 3.43. The second-order valence-corrected chi connectivity index (χ2v) is 7.87. The van der Waals surface area contributed by atoms with Crippen LogP contribution in [0.4, 0.5) is 0 Å². The minimum absolute atomic E-state index is 0.195. The molecule has 1 rings (SSSR count). The molecule has 6 heteroatoms. The van der Waals surface area contributed by atoms with Crippen LogP contribution in [0.5, 0.6) is 0 Å². The molecule has 0 atom stereocenters. The van der Waals surface area contributed by atoms with E-state index in [1.807, 2.05) is 11.8 Å². The van der Waals surface area contributed by atoms with Gasteiger partial charge in [-0.15, -0.1) is 10.2 Å². The SMILES string of the molecule is Cc1nnc(SCC(=O)N(CC(C)C)CC(C)C)s1. The van der Waals surface area contributed by atoms with E-state index in [0.29, 0.717) is 17.6 Å². The van der Waals surface area contributed by atoms with Crippen molar-refractivity contribution in [1.82, 2.24) is 15.1 Å². The highest BCUT2D eigenvalue weighted by Crippen LogP contribution is 2.22. The Balaban J connectivity index is 2.51. The molecular formula is C13H23N3OS2. The molecular weight excluding hydrogens is 278 g/mol. The van der Waals surface area contributed by atoms with Gasteiger partial charge in [-0.1, -0.05) is 50.8 Å². The van der Waals surface area contributed by atoms with Crippen molar-refractivity contribution in [2.45, 2.75) is 39.0 Å². The van der Waals surface area contributed by atoms with Gasteiger partial charge in [-0.05, 0) is 18.8 Å². The van der Waals surface area contributed by atoms with Crippen molar-refractivity contribution in [3.63, 3.8) is 0 Å². The summed E-state index contributed by atoms with van der Waals surface area (Å²) in [7, 11) is 0. The summed E-state index contributed by atoms with van der Waals surface area (Å²) in [5.41, 5.74) is 0. The van der Waals surface area contributed by atoms with Gasteiger partial charge in [0.2, 0.25) is 5.91 Å². The Bertz CT molecular complexity index is 394. The van der Waals surface area contributed by atoms with E-state index in [0.717, 1.165) is 22.4 Å². The molecule has 4 nitrogen and oxygen atoms in total. The largest absolute Gasteiger partial charge is 0.341 e. The molecule has 0 aliphatic carbocycles. The Labute approximate surface area is 124 Å². The molecule has 0 saturated heterocycles. The average Bonchev–Trinajstić information content (AvgIpc) is 2.70. The molecule has 0 saturated carbocycles. The number of hydrogen-bond acceptors (Lipinski definition) is 5. The number of thioether (sulfide) groups is 1. The molecule has 1 aromatic rings. The maximum atomic E-state index is 12.3. The zero-order valence-corrected chi connectivity index (χ0v) is 14.0. The van der Waals surface area contributed by atoms with Crippen LogP contribution in [0.3, 0.4) is 0 Å². The van der Waals surface area contributed by atoms with Crippen molar-refractivity contribution >= 4 is 29.0 Å². The van der Waals surface area contributed by atoms with E-state index < -0.39 is 0 Å². The highest BCUT2D eigenvalue weighted by atomic mass is 32.2. The van der Waals surface area contributed by atoms with Gasteiger partial charge in [0, 0.05) is 13.1 Å². The summed E-state index contributed by atoms with van der Waals surface area (Å²) < 4.78 is 0.875. The number of amides is 1. The number of hydrogen-bond donors (Lipinski definition) is 0. The topological polar surface area (TPSA) is 46.1 Å². The van der Waals surface area contributed by atoms with Gasteiger partial charge in [-0.2, -0.15) is 0 Å². The fourth-order valence-electron chi connectivity index (χ4n) is 1.71. The molecule has 0 fully saturated rings. The van der Waals surface area contributed by atoms with Crippen LogP contribution in [0.25, 0.3) is 0 Å². The number of carbonyl (C=O) groups is 1. The lowest BCUT2D eigenvalue weighted by Crippen LogP contribution is -2.38. The Hall–Kier alpha value is -0.620. The van der Waals surface area contributed by atoms with Crippen LogP contribution in [0.2, 0.25) is 0 Å². The van der Waals surface area contributed by atoms with E-state index >= 15 is 0 Å². The first-order valence-corrected chi connectivity index (χ1v) is 8.39. The molecule has 108 valence electrons. The first-order valence-electron chi connectivity index (χ1n) is 6.59. The summed E-state index contributed by atoms with van der Waals surface area (Å²) in [6.07, 6.45) is 0.